The Morgan fingerprint density at radius 2 is 1.81 bits per heavy atom. The first kappa shape index (κ1) is 18.1. The SMILES string of the molecule is CC1(C)c2ccccc2SN1CCN1CC2CC(c3ccc(Cl)cc3)C2C1. The van der Waals surface area contributed by atoms with E-state index in [1.807, 2.05) is 24.1 Å². The number of benzene rings is 2. The fourth-order valence-corrected chi connectivity index (χ4v) is 6.67. The Bertz CT molecular complexity index is 835. The molecule has 27 heavy (non-hydrogen) atoms. The highest BCUT2D eigenvalue weighted by atomic mass is 35.5. The van der Waals surface area contributed by atoms with E-state index in [4.69, 9.17) is 11.6 Å². The minimum absolute atomic E-state index is 0.117. The Morgan fingerprint density at radius 3 is 2.59 bits per heavy atom. The van der Waals surface area contributed by atoms with Gasteiger partial charge in [0.25, 0.3) is 0 Å². The van der Waals surface area contributed by atoms with E-state index in [2.05, 4.69) is 59.5 Å². The number of halogens is 1. The summed E-state index contributed by atoms with van der Waals surface area (Å²) in [6, 6.07) is 17.4. The summed E-state index contributed by atoms with van der Waals surface area (Å²) in [5, 5.41) is 0.842. The summed E-state index contributed by atoms with van der Waals surface area (Å²) < 4.78 is 2.58. The zero-order valence-corrected chi connectivity index (χ0v) is 17.6. The maximum absolute atomic E-state index is 6.06. The van der Waals surface area contributed by atoms with Gasteiger partial charge in [-0.2, -0.15) is 0 Å². The van der Waals surface area contributed by atoms with Gasteiger partial charge in [-0.15, -0.1) is 0 Å². The Hall–Kier alpha value is -1.00. The van der Waals surface area contributed by atoms with E-state index in [1.54, 1.807) is 0 Å². The average Bonchev–Trinajstić information content (AvgIpc) is 3.10. The topological polar surface area (TPSA) is 6.48 Å². The van der Waals surface area contributed by atoms with E-state index in [0.717, 1.165) is 29.3 Å². The second-order valence-corrected chi connectivity index (χ2v) is 10.3. The standard InChI is InChI=1S/C23H27ClN2S/c1-23(2)21-5-3-4-6-22(21)27-26(23)12-11-25-14-17-13-19(20(17)15-25)16-7-9-18(24)10-8-16/h3-10,17,19-20H,11-15H2,1-2H3. The van der Waals surface area contributed by atoms with Crippen molar-refractivity contribution in [3.05, 3.63) is 64.7 Å². The molecular weight excluding hydrogens is 372 g/mol. The van der Waals surface area contributed by atoms with Gasteiger partial charge in [0, 0.05) is 36.1 Å². The van der Waals surface area contributed by atoms with Crippen LogP contribution in [-0.4, -0.2) is 35.4 Å². The molecule has 3 unspecified atom stereocenters. The molecule has 142 valence electrons. The monoisotopic (exact) mass is 398 g/mol. The molecular formula is C23H27ClN2S. The molecule has 0 radical (unpaired) electrons. The van der Waals surface area contributed by atoms with Crippen LogP contribution in [0.1, 0.15) is 37.3 Å². The van der Waals surface area contributed by atoms with E-state index in [1.165, 1.54) is 42.1 Å². The molecule has 1 aliphatic carbocycles. The van der Waals surface area contributed by atoms with Crippen molar-refractivity contribution in [2.24, 2.45) is 11.8 Å². The van der Waals surface area contributed by atoms with Crippen LogP contribution in [0.15, 0.2) is 53.4 Å². The number of rotatable bonds is 4. The molecule has 4 heteroatoms. The highest BCUT2D eigenvalue weighted by Gasteiger charge is 2.47. The summed E-state index contributed by atoms with van der Waals surface area (Å²) in [5.74, 6) is 2.46. The molecule has 2 fully saturated rings. The lowest BCUT2D eigenvalue weighted by atomic mass is 9.64. The van der Waals surface area contributed by atoms with Gasteiger partial charge in [0.15, 0.2) is 0 Å². The smallest absolute Gasteiger partial charge is 0.0520 e. The van der Waals surface area contributed by atoms with Gasteiger partial charge in [-0.25, -0.2) is 4.31 Å². The average molecular weight is 399 g/mol. The van der Waals surface area contributed by atoms with Crippen LogP contribution in [0, 0.1) is 11.8 Å². The fraction of sp³-hybridized carbons (Fsp3) is 0.478. The van der Waals surface area contributed by atoms with Crippen LogP contribution in [0.5, 0.6) is 0 Å². The van der Waals surface area contributed by atoms with Gasteiger partial charge in [-0.3, -0.25) is 0 Å². The highest BCUT2D eigenvalue weighted by molar-refractivity contribution is 7.97. The molecule has 3 atom stereocenters. The molecule has 5 rings (SSSR count). The van der Waals surface area contributed by atoms with Crippen molar-refractivity contribution in [3.8, 4) is 0 Å². The van der Waals surface area contributed by atoms with Gasteiger partial charge in [0.1, 0.15) is 0 Å². The third kappa shape index (κ3) is 3.13. The molecule has 0 N–H and O–H groups in total. The first-order valence-corrected chi connectivity index (χ1v) is 11.2. The van der Waals surface area contributed by atoms with E-state index in [-0.39, 0.29) is 5.54 Å². The molecule has 0 bridgehead atoms. The van der Waals surface area contributed by atoms with Gasteiger partial charge < -0.3 is 4.90 Å². The van der Waals surface area contributed by atoms with Crippen LogP contribution in [-0.2, 0) is 5.54 Å². The van der Waals surface area contributed by atoms with Gasteiger partial charge in [0.05, 0.1) is 5.54 Å². The number of nitrogens with zero attached hydrogens (tertiary/aromatic N) is 2. The van der Waals surface area contributed by atoms with Crippen molar-refractivity contribution in [3.63, 3.8) is 0 Å². The Morgan fingerprint density at radius 1 is 1.04 bits per heavy atom. The van der Waals surface area contributed by atoms with Crippen molar-refractivity contribution >= 4 is 23.5 Å². The molecule has 2 heterocycles. The Labute approximate surface area is 172 Å². The molecule has 2 aromatic rings. The molecule has 2 aromatic carbocycles. The molecule has 3 aliphatic rings. The van der Waals surface area contributed by atoms with Crippen LogP contribution in [0.25, 0.3) is 0 Å². The van der Waals surface area contributed by atoms with Crippen molar-refractivity contribution < 1.29 is 0 Å². The lowest BCUT2D eigenvalue weighted by Gasteiger charge is -2.40. The summed E-state index contributed by atoms with van der Waals surface area (Å²) >= 11 is 7.99. The van der Waals surface area contributed by atoms with Crippen LogP contribution < -0.4 is 0 Å². The van der Waals surface area contributed by atoms with Crippen LogP contribution in [0.4, 0.5) is 0 Å². The number of likely N-dealkylation sites (tertiary alicyclic amines) is 1. The van der Waals surface area contributed by atoms with Crippen LogP contribution in [0.2, 0.25) is 5.02 Å². The minimum atomic E-state index is 0.117. The molecule has 2 aliphatic heterocycles. The second kappa shape index (κ2) is 6.81. The van der Waals surface area contributed by atoms with E-state index in [9.17, 15) is 0 Å². The molecule has 2 nitrogen and oxygen atoms in total. The lowest BCUT2D eigenvalue weighted by Crippen LogP contribution is -2.38. The van der Waals surface area contributed by atoms with Crippen molar-refractivity contribution in [1.29, 1.82) is 0 Å². The van der Waals surface area contributed by atoms with E-state index >= 15 is 0 Å². The summed E-state index contributed by atoms with van der Waals surface area (Å²) in [7, 11) is 0. The maximum atomic E-state index is 6.06. The predicted octanol–water partition coefficient (Wildman–Crippen LogP) is 5.63. The molecule has 1 saturated heterocycles. The Kier molecular flexibility index (Phi) is 4.55. The summed E-state index contributed by atoms with van der Waals surface area (Å²) in [4.78, 5) is 4.12. The van der Waals surface area contributed by atoms with E-state index < -0.39 is 0 Å². The molecule has 1 saturated carbocycles. The highest BCUT2D eigenvalue weighted by Crippen LogP contribution is 2.52. The van der Waals surface area contributed by atoms with E-state index in [0.29, 0.717) is 0 Å². The zero-order valence-electron chi connectivity index (χ0n) is 16.1. The summed E-state index contributed by atoms with van der Waals surface area (Å²) in [6.45, 7) is 9.54. The summed E-state index contributed by atoms with van der Waals surface area (Å²) in [6.07, 6.45) is 1.35. The van der Waals surface area contributed by atoms with Gasteiger partial charge in [-0.05, 0) is 79.3 Å². The first-order chi connectivity index (χ1) is 13.0. The number of fused-ring (bicyclic) bond motifs is 2. The molecule has 0 spiro atoms. The van der Waals surface area contributed by atoms with Gasteiger partial charge in [-0.1, -0.05) is 41.9 Å². The summed E-state index contributed by atoms with van der Waals surface area (Å²) in [5.41, 5.74) is 3.07. The lowest BCUT2D eigenvalue weighted by molar-refractivity contribution is 0.191. The molecule has 0 aromatic heterocycles. The van der Waals surface area contributed by atoms with Crippen molar-refractivity contribution in [2.45, 2.75) is 36.6 Å². The quantitative estimate of drug-likeness (QED) is 0.616. The first-order valence-electron chi connectivity index (χ1n) is 10.1. The second-order valence-electron chi connectivity index (χ2n) is 8.83. The normalized spacial score (nSPS) is 29.4. The van der Waals surface area contributed by atoms with Gasteiger partial charge >= 0.3 is 0 Å². The molecule has 0 amide bonds. The zero-order chi connectivity index (χ0) is 18.6. The third-order valence-electron chi connectivity index (χ3n) is 6.94. The fourth-order valence-electron chi connectivity index (χ4n) is 5.25. The minimum Gasteiger partial charge on any atom is -0.301 e. The number of hydrogen-bond acceptors (Lipinski definition) is 3. The van der Waals surface area contributed by atoms with Crippen molar-refractivity contribution in [1.82, 2.24) is 9.21 Å². The van der Waals surface area contributed by atoms with Crippen LogP contribution in [0.3, 0.4) is 0 Å². The number of hydrogen-bond donors (Lipinski definition) is 0. The third-order valence-corrected chi connectivity index (χ3v) is 8.60. The Balaban J connectivity index is 1.19. The van der Waals surface area contributed by atoms with Crippen LogP contribution >= 0.6 is 23.5 Å². The maximum Gasteiger partial charge on any atom is 0.0520 e. The van der Waals surface area contributed by atoms with Crippen molar-refractivity contribution in [2.75, 3.05) is 26.2 Å². The predicted molar refractivity (Wildman–Crippen MR) is 114 cm³/mol. The largest absolute Gasteiger partial charge is 0.301 e. The van der Waals surface area contributed by atoms with Gasteiger partial charge in [0.2, 0.25) is 0 Å².